The Morgan fingerprint density at radius 1 is 0.959 bits per heavy atom. The van der Waals surface area contributed by atoms with Crippen molar-refractivity contribution in [3.8, 4) is 11.3 Å². The molecule has 2 fully saturated rings. The quantitative estimate of drug-likeness (QED) is 0.294. The Hall–Kier alpha value is -5.27. The molecule has 0 spiro atoms. The molecule has 14 nitrogen and oxygen atoms in total. The summed E-state index contributed by atoms with van der Waals surface area (Å²) in [6, 6.07) is 3.91. The van der Waals surface area contributed by atoms with E-state index < -0.39 is 23.2 Å². The highest BCUT2D eigenvalue weighted by atomic mass is 16.6. The van der Waals surface area contributed by atoms with Crippen molar-refractivity contribution in [2.75, 3.05) is 29.9 Å². The molecule has 2 saturated heterocycles. The number of aromatic nitrogens is 5. The van der Waals surface area contributed by atoms with E-state index in [0.29, 0.717) is 53.2 Å². The molecule has 4 aromatic heterocycles. The van der Waals surface area contributed by atoms with Gasteiger partial charge < -0.3 is 29.2 Å². The third-order valence-electron chi connectivity index (χ3n) is 8.97. The van der Waals surface area contributed by atoms with Crippen LogP contribution in [0, 0.1) is 5.92 Å². The monoisotopic (exact) mass is 667 g/mol. The maximum absolute atomic E-state index is 14.0. The van der Waals surface area contributed by atoms with E-state index in [9.17, 15) is 14.4 Å². The predicted molar refractivity (Wildman–Crippen MR) is 182 cm³/mol. The van der Waals surface area contributed by atoms with Gasteiger partial charge in [0, 0.05) is 61.5 Å². The Bertz CT molecular complexity index is 1980. The zero-order valence-electron chi connectivity index (χ0n) is 28.9. The van der Waals surface area contributed by atoms with Crippen LogP contribution < -0.4 is 10.2 Å². The van der Waals surface area contributed by atoms with Crippen LogP contribution in [0.25, 0.3) is 22.3 Å². The molecular weight excluding hydrogens is 626 g/mol. The van der Waals surface area contributed by atoms with Gasteiger partial charge >= 0.3 is 12.2 Å². The van der Waals surface area contributed by atoms with Gasteiger partial charge in [-0.3, -0.25) is 14.8 Å². The third-order valence-corrected chi connectivity index (χ3v) is 8.97. The van der Waals surface area contributed by atoms with E-state index in [1.807, 2.05) is 50.7 Å². The van der Waals surface area contributed by atoms with Crippen molar-refractivity contribution in [2.24, 2.45) is 13.0 Å². The fourth-order valence-corrected chi connectivity index (χ4v) is 6.89. The lowest BCUT2D eigenvalue weighted by Gasteiger charge is -2.27. The molecule has 14 heteroatoms. The van der Waals surface area contributed by atoms with E-state index >= 15 is 0 Å². The maximum atomic E-state index is 14.0. The first-order valence-corrected chi connectivity index (χ1v) is 16.5. The largest absolute Gasteiger partial charge is 0.444 e. The second-order valence-electron chi connectivity index (χ2n) is 14.9. The van der Waals surface area contributed by atoms with Gasteiger partial charge in [0.1, 0.15) is 22.7 Å². The Balaban J connectivity index is 1.20. The molecule has 7 heterocycles. The second-order valence-corrected chi connectivity index (χ2v) is 14.9. The van der Waals surface area contributed by atoms with E-state index in [0.717, 1.165) is 34.5 Å². The lowest BCUT2D eigenvalue weighted by Crippen LogP contribution is -2.39. The molecule has 4 aromatic rings. The number of carbonyl (C=O) groups excluding carboxylic acids is 3. The van der Waals surface area contributed by atoms with Crippen LogP contribution in [0.15, 0.2) is 43.1 Å². The van der Waals surface area contributed by atoms with Crippen molar-refractivity contribution >= 4 is 46.5 Å². The number of ether oxygens (including phenoxy) is 2. The summed E-state index contributed by atoms with van der Waals surface area (Å²) in [5.41, 5.74) is 2.11. The zero-order valence-corrected chi connectivity index (χ0v) is 28.9. The first-order valence-electron chi connectivity index (χ1n) is 16.5. The van der Waals surface area contributed by atoms with Crippen molar-refractivity contribution in [3.63, 3.8) is 0 Å². The molecule has 3 aliphatic heterocycles. The Morgan fingerprint density at radius 2 is 1.71 bits per heavy atom. The van der Waals surface area contributed by atoms with Gasteiger partial charge in [-0.2, -0.15) is 0 Å². The van der Waals surface area contributed by atoms with Crippen LogP contribution in [0.1, 0.15) is 63.9 Å². The molecule has 0 aliphatic carbocycles. The number of likely N-dealkylation sites (tertiary alicyclic amines) is 1. The van der Waals surface area contributed by atoms with E-state index in [1.54, 1.807) is 50.5 Å². The minimum absolute atomic E-state index is 0.00566. The smallest absolute Gasteiger partial charge is 0.417 e. The fourth-order valence-electron chi connectivity index (χ4n) is 6.89. The van der Waals surface area contributed by atoms with Crippen molar-refractivity contribution in [1.29, 1.82) is 0 Å². The summed E-state index contributed by atoms with van der Waals surface area (Å²) in [5.74, 6) is 0.882. The summed E-state index contributed by atoms with van der Waals surface area (Å²) in [5, 5.41) is 4.15. The summed E-state index contributed by atoms with van der Waals surface area (Å²) >= 11 is 0. The number of imide groups is 1. The van der Waals surface area contributed by atoms with Gasteiger partial charge in [-0.05, 0) is 60.1 Å². The first-order chi connectivity index (χ1) is 23.2. The number of rotatable bonds is 4. The third kappa shape index (κ3) is 6.11. The summed E-state index contributed by atoms with van der Waals surface area (Å²) in [7, 11) is 1.92. The molecular formula is C35H41N9O5. The molecule has 256 valence electrons. The molecule has 3 aliphatic rings. The molecule has 7 rings (SSSR count). The van der Waals surface area contributed by atoms with Gasteiger partial charge in [0.05, 0.1) is 48.1 Å². The Morgan fingerprint density at radius 3 is 2.47 bits per heavy atom. The number of hydrogen-bond acceptors (Lipinski definition) is 11. The van der Waals surface area contributed by atoms with Gasteiger partial charge in [-0.25, -0.2) is 24.5 Å². The molecule has 2 atom stereocenters. The van der Waals surface area contributed by atoms with Crippen LogP contribution in [-0.2, 0) is 23.1 Å². The van der Waals surface area contributed by atoms with Gasteiger partial charge in [-0.15, -0.1) is 0 Å². The van der Waals surface area contributed by atoms with Crippen LogP contribution >= 0.6 is 0 Å². The molecule has 1 N–H and O–H groups in total. The van der Waals surface area contributed by atoms with Crippen LogP contribution in [0.4, 0.5) is 26.9 Å². The highest BCUT2D eigenvalue weighted by Crippen LogP contribution is 2.40. The van der Waals surface area contributed by atoms with Crippen LogP contribution in [0.5, 0.6) is 0 Å². The lowest BCUT2D eigenvalue weighted by atomic mass is 10.0. The van der Waals surface area contributed by atoms with Gasteiger partial charge in [0.15, 0.2) is 5.82 Å². The lowest BCUT2D eigenvalue weighted by molar-refractivity contribution is 0.0244. The molecule has 0 aromatic carbocycles. The normalized spacial score (nSPS) is 19.0. The highest BCUT2D eigenvalue weighted by molar-refractivity contribution is 6.12. The minimum Gasteiger partial charge on any atom is -0.444 e. The molecule has 49 heavy (non-hydrogen) atoms. The average molecular weight is 668 g/mol. The van der Waals surface area contributed by atoms with E-state index in [4.69, 9.17) is 19.4 Å². The molecule has 0 bridgehead atoms. The minimum atomic E-state index is -0.788. The molecule has 0 saturated carbocycles. The van der Waals surface area contributed by atoms with E-state index in [-0.39, 0.29) is 18.7 Å². The Labute approximate surface area is 284 Å². The van der Waals surface area contributed by atoms with Crippen LogP contribution in [0.2, 0.25) is 0 Å². The van der Waals surface area contributed by atoms with Crippen LogP contribution in [-0.4, -0.2) is 89.3 Å². The topological polar surface area (TPSA) is 148 Å². The molecule has 0 radical (unpaired) electrons. The van der Waals surface area contributed by atoms with Crippen molar-refractivity contribution < 1.29 is 23.9 Å². The summed E-state index contributed by atoms with van der Waals surface area (Å²) in [4.78, 5) is 63.8. The van der Waals surface area contributed by atoms with Crippen molar-refractivity contribution in [3.05, 3.63) is 54.2 Å². The number of amides is 3. The van der Waals surface area contributed by atoms with Gasteiger partial charge in [0.25, 0.3) is 5.91 Å². The van der Waals surface area contributed by atoms with Crippen LogP contribution in [0.3, 0.4) is 0 Å². The van der Waals surface area contributed by atoms with Gasteiger partial charge in [0.2, 0.25) is 0 Å². The fraction of sp³-hybridized carbons (Fsp3) is 0.457. The standard InChI is InChI=1S/C35H41N9O5/c1-34(2,3)48-32(46)42-17-20-9-13-43(25(20)19-42)27-16-36-15-26(40-27)39-24-14-38-29(21-8-11-37-30-22(21)10-12-41(30)7)23-18-44(31(45)28(23)24)33(47)49-35(4,5)6/h8,10-12,14-16,20,25H,9,13,17-19H2,1-7H3,(H,39,40). The number of nitrogens with zero attached hydrogens (tertiary/aromatic N) is 8. The number of anilines is 3. The molecule has 2 unspecified atom stereocenters. The SMILES string of the molecule is Cn1ccc2c(-c3ncc(Nc4cncc(N5CCC6CN(C(=O)OC(C)(C)C)CC65)n4)c4c3CN(C(=O)OC(C)(C)C)C4=O)ccnc21. The predicted octanol–water partition coefficient (Wildman–Crippen LogP) is 5.51. The summed E-state index contributed by atoms with van der Waals surface area (Å²) in [6.07, 6.45) is 8.40. The van der Waals surface area contributed by atoms with Crippen molar-refractivity contribution in [2.45, 2.75) is 71.8 Å². The molecule has 3 amide bonds. The van der Waals surface area contributed by atoms with E-state index in [2.05, 4.69) is 20.2 Å². The number of carbonyl (C=O) groups is 3. The second kappa shape index (κ2) is 11.7. The van der Waals surface area contributed by atoms with Crippen molar-refractivity contribution in [1.82, 2.24) is 34.3 Å². The zero-order chi connectivity index (χ0) is 34.8. The van der Waals surface area contributed by atoms with Gasteiger partial charge in [-0.1, -0.05) is 0 Å². The number of nitrogens with one attached hydrogen (secondary N) is 1. The number of fused-ring (bicyclic) bond motifs is 3. The highest BCUT2D eigenvalue weighted by Gasteiger charge is 2.45. The maximum Gasteiger partial charge on any atom is 0.417 e. The number of hydrogen-bond donors (Lipinski definition) is 1. The number of aryl methyl sites for hydroxylation is 1. The average Bonchev–Trinajstić information content (AvgIpc) is 3.79. The van der Waals surface area contributed by atoms with E-state index in [1.165, 1.54) is 0 Å². The summed E-state index contributed by atoms with van der Waals surface area (Å²) < 4.78 is 13.1. The number of pyridine rings is 2. The Kier molecular flexibility index (Phi) is 7.71. The summed E-state index contributed by atoms with van der Waals surface area (Å²) in [6.45, 7) is 12.8. The first kappa shape index (κ1) is 32.3.